The summed E-state index contributed by atoms with van der Waals surface area (Å²) in [5.41, 5.74) is 5.76. The van der Waals surface area contributed by atoms with Crippen LogP contribution in [0.2, 0.25) is 0 Å². The lowest BCUT2D eigenvalue weighted by Crippen LogP contribution is -2.51. The zero-order valence-electron chi connectivity index (χ0n) is 16.1. The Labute approximate surface area is 150 Å². The molecule has 2 unspecified atom stereocenters. The third-order valence-corrected chi connectivity index (χ3v) is 4.58. The van der Waals surface area contributed by atoms with Gasteiger partial charge in [-0.1, -0.05) is 37.1 Å². The highest BCUT2D eigenvalue weighted by molar-refractivity contribution is 6.24. The van der Waals surface area contributed by atoms with E-state index in [1.54, 1.807) is 19.9 Å². The number of carbonyl (C=O) groups excluding carboxylic acids is 2. The Morgan fingerprint density at radius 2 is 1.72 bits per heavy atom. The van der Waals surface area contributed by atoms with Crippen LogP contribution in [0, 0.1) is 11.8 Å². The van der Waals surface area contributed by atoms with Crippen LogP contribution < -0.4 is 5.73 Å². The first kappa shape index (κ1) is 21.3. The highest BCUT2D eigenvalue weighted by Crippen LogP contribution is 2.42. The summed E-state index contributed by atoms with van der Waals surface area (Å²) in [6.45, 7) is 10.9. The van der Waals surface area contributed by atoms with Crippen LogP contribution in [0.15, 0.2) is 34.6 Å². The minimum absolute atomic E-state index is 0.152. The van der Waals surface area contributed by atoms with E-state index in [9.17, 15) is 19.8 Å². The van der Waals surface area contributed by atoms with Gasteiger partial charge in [-0.25, -0.2) is 0 Å². The molecule has 5 heteroatoms. The molecule has 1 aliphatic carbocycles. The number of allylic oxidation sites excluding steroid dienone is 4. The molecule has 1 rings (SSSR count). The molecular formula is C20H31NO4. The molecule has 3 atom stereocenters. The molecule has 0 saturated carbocycles. The molecule has 1 aliphatic rings. The summed E-state index contributed by atoms with van der Waals surface area (Å²) in [6.07, 6.45) is 2.71. The lowest BCUT2D eigenvalue weighted by Gasteiger charge is -2.34. The van der Waals surface area contributed by atoms with Crippen molar-refractivity contribution in [1.29, 1.82) is 0 Å². The Kier molecular flexibility index (Phi) is 6.91. The van der Waals surface area contributed by atoms with Gasteiger partial charge in [-0.2, -0.15) is 0 Å². The van der Waals surface area contributed by atoms with Crippen molar-refractivity contribution in [3.63, 3.8) is 0 Å². The number of Topliss-reactive ketones (excluding diaryl/α,β-unsaturated/α-hetero) is 2. The van der Waals surface area contributed by atoms with E-state index < -0.39 is 35.1 Å². The van der Waals surface area contributed by atoms with Crippen molar-refractivity contribution in [3.05, 3.63) is 34.6 Å². The fourth-order valence-electron chi connectivity index (χ4n) is 3.02. The largest absolute Gasteiger partial charge is 0.399 e. The van der Waals surface area contributed by atoms with Crippen molar-refractivity contribution >= 4 is 11.6 Å². The van der Waals surface area contributed by atoms with Crippen molar-refractivity contribution in [2.75, 3.05) is 0 Å². The molecule has 0 aromatic heterocycles. The van der Waals surface area contributed by atoms with Gasteiger partial charge in [-0.3, -0.25) is 9.59 Å². The van der Waals surface area contributed by atoms with E-state index in [-0.39, 0.29) is 24.1 Å². The van der Waals surface area contributed by atoms with Crippen molar-refractivity contribution in [2.24, 2.45) is 17.6 Å². The summed E-state index contributed by atoms with van der Waals surface area (Å²) in [6, 6.07) is 0. The molecule has 0 saturated heterocycles. The summed E-state index contributed by atoms with van der Waals surface area (Å²) in [5.74, 6) is -2.25. The van der Waals surface area contributed by atoms with Crippen LogP contribution in [0.5, 0.6) is 0 Å². The molecule has 0 aromatic rings. The number of aliphatic hydroxyl groups is 2. The second kappa shape index (κ2) is 8.11. The minimum atomic E-state index is -1.94. The molecule has 25 heavy (non-hydrogen) atoms. The van der Waals surface area contributed by atoms with Crippen LogP contribution in [0.25, 0.3) is 0 Å². The monoisotopic (exact) mass is 349 g/mol. The highest BCUT2D eigenvalue weighted by atomic mass is 16.3. The van der Waals surface area contributed by atoms with Crippen LogP contribution in [0.3, 0.4) is 0 Å². The fourth-order valence-corrected chi connectivity index (χ4v) is 3.02. The summed E-state index contributed by atoms with van der Waals surface area (Å²) >= 11 is 0. The Hall–Kier alpha value is -1.72. The third kappa shape index (κ3) is 4.28. The van der Waals surface area contributed by atoms with E-state index in [0.717, 1.165) is 11.1 Å². The number of aliphatic hydroxyl groups excluding tert-OH is 1. The van der Waals surface area contributed by atoms with E-state index in [4.69, 9.17) is 5.73 Å². The van der Waals surface area contributed by atoms with Gasteiger partial charge in [0.05, 0.1) is 23.3 Å². The van der Waals surface area contributed by atoms with E-state index in [1.165, 1.54) is 0 Å². The summed E-state index contributed by atoms with van der Waals surface area (Å²) in [4.78, 5) is 25.3. The normalized spacial score (nSPS) is 24.5. The van der Waals surface area contributed by atoms with Gasteiger partial charge in [0.2, 0.25) is 0 Å². The molecule has 140 valence electrons. The smallest absolute Gasteiger partial charge is 0.175 e. The number of ketones is 2. The highest BCUT2D eigenvalue weighted by Gasteiger charge is 2.56. The van der Waals surface area contributed by atoms with Gasteiger partial charge in [0.1, 0.15) is 5.60 Å². The van der Waals surface area contributed by atoms with Crippen LogP contribution in [0.1, 0.15) is 54.4 Å². The topological polar surface area (TPSA) is 101 Å². The van der Waals surface area contributed by atoms with Crippen molar-refractivity contribution < 1.29 is 19.8 Å². The SMILES string of the molecule is CC(C)=CCC(O)[C@]1(O)C(N)=C(C(=O)C(C)C)C(=O)C1CC=C(C)C. The lowest BCUT2D eigenvalue weighted by atomic mass is 9.79. The standard InChI is InChI=1S/C20H31NO4/c1-11(2)7-9-14-18(24)16(17(23)13(5)6)19(21)20(14,25)15(22)10-8-12(3)4/h7-8,13-15,22,25H,9-10,21H2,1-6H3/t14?,15?,20-/m0/s1. The molecule has 0 radical (unpaired) electrons. The lowest BCUT2D eigenvalue weighted by molar-refractivity contribution is -0.132. The van der Waals surface area contributed by atoms with Gasteiger partial charge in [0.25, 0.3) is 0 Å². The van der Waals surface area contributed by atoms with E-state index in [0.29, 0.717) is 0 Å². The van der Waals surface area contributed by atoms with Crippen molar-refractivity contribution in [3.8, 4) is 0 Å². The van der Waals surface area contributed by atoms with Gasteiger partial charge in [-0.15, -0.1) is 0 Å². The number of hydrogen-bond donors (Lipinski definition) is 3. The van der Waals surface area contributed by atoms with Crippen LogP contribution in [0.4, 0.5) is 0 Å². The maximum absolute atomic E-state index is 12.9. The first-order valence-electron chi connectivity index (χ1n) is 8.70. The predicted molar refractivity (Wildman–Crippen MR) is 98.6 cm³/mol. The van der Waals surface area contributed by atoms with E-state index >= 15 is 0 Å². The molecule has 0 fully saturated rings. The Balaban J connectivity index is 3.42. The summed E-state index contributed by atoms with van der Waals surface area (Å²) in [5, 5.41) is 21.8. The van der Waals surface area contributed by atoms with Crippen LogP contribution >= 0.6 is 0 Å². The van der Waals surface area contributed by atoms with Crippen LogP contribution in [-0.2, 0) is 9.59 Å². The first-order valence-corrected chi connectivity index (χ1v) is 8.70. The first-order chi connectivity index (χ1) is 11.4. The number of hydrogen-bond acceptors (Lipinski definition) is 5. The molecule has 0 spiro atoms. The molecule has 5 nitrogen and oxygen atoms in total. The third-order valence-electron chi connectivity index (χ3n) is 4.58. The van der Waals surface area contributed by atoms with Crippen LogP contribution in [-0.4, -0.2) is 33.5 Å². The molecule has 4 N–H and O–H groups in total. The van der Waals surface area contributed by atoms with Gasteiger partial charge in [-0.05, 0) is 40.5 Å². The average Bonchev–Trinajstić information content (AvgIpc) is 2.69. The maximum Gasteiger partial charge on any atom is 0.175 e. The molecule has 0 bridgehead atoms. The maximum atomic E-state index is 12.9. The Morgan fingerprint density at radius 3 is 2.16 bits per heavy atom. The quantitative estimate of drug-likeness (QED) is 0.484. The number of nitrogens with two attached hydrogens (primary N) is 1. The zero-order chi connectivity index (χ0) is 19.5. The molecule has 0 amide bonds. The minimum Gasteiger partial charge on any atom is -0.399 e. The second-order valence-electron chi connectivity index (χ2n) is 7.60. The van der Waals surface area contributed by atoms with E-state index in [2.05, 4.69) is 0 Å². The van der Waals surface area contributed by atoms with Crippen molar-refractivity contribution in [1.82, 2.24) is 0 Å². The second-order valence-corrected chi connectivity index (χ2v) is 7.60. The van der Waals surface area contributed by atoms with Gasteiger partial charge in [0.15, 0.2) is 11.6 Å². The number of rotatable bonds is 7. The molecule has 0 aromatic carbocycles. The molecule has 0 aliphatic heterocycles. The predicted octanol–water partition coefficient (Wildman–Crippen LogP) is 2.43. The Bertz CT molecular complexity index is 634. The van der Waals surface area contributed by atoms with Gasteiger partial charge >= 0.3 is 0 Å². The Morgan fingerprint density at radius 1 is 1.20 bits per heavy atom. The van der Waals surface area contributed by atoms with Gasteiger partial charge in [0, 0.05) is 5.92 Å². The molecular weight excluding hydrogens is 318 g/mol. The number of carbonyl (C=O) groups is 2. The summed E-state index contributed by atoms with van der Waals surface area (Å²) < 4.78 is 0. The average molecular weight is 349 g/mol. The zero-order valence-corrected chi connectivity index (χ0v) is 16.1. The van der Waals surface area contributed by atoms with Crippen molar-refractivity contribution in [2.45, 2.75) is 66.1 Å². The molecule has 0 heterocycles. The fraction of sp³-hybridized carbons (Fsp3) is 0.600. The summed E-state index contributed by atoms with van der Waals surface area (Å²) in [7, 11) is 0. The van der Waals surface area contributed by atoms with E-state index in [1.807, 2.05) is 33.8 Å². The van der Waals surface area contributed by atoms with Gasteiger partial charge < -0.3 is 15.9 Å².